The Morgan fingerprint density at radius 3 is 2.80 bits per heavy atom. The third kappa shape index (κ3) is 1.53. The molecule has 0 atom stereocenters. The molecule has 0 saturated carbocycles. The second-order valence-corrected chi connectivity index (χ2v) is 3.85. The smallest absolute Gasteiger partial charge is 0.354 e. The Kier molecular flexibility index (Phi) is 2.28. The number of hydrogen-bond acceptors (Lipinski definition) is 4. The Bertz CT molecular complexity index is 393. The van der Waals surface area contributed by atoms with Crippen molar-refractivity contribution < 1.29 is 14.6 Å². The Hall–Kier alpha value is -1.33. The summed E-state index contributed by atoms with van der Waals surface area (Å²) in [6.45, 7) is 1.05. The van der Waals surface area contributed by atoms with Crippen LogP contribution in [0.4, 0.5) is 0 Å². The molecule has 1 fully saturated rings. The number of aryl methyl sites for hydroxylation is 1. The average Bonchev–Trinajstić information content (AvgIpc) is 2.56. The van der Waals surface area contributed by atoms with Gasteiger partial charge in [0.05, 0.1) is 7.11 Å². The zero-order valence-corrected chi connectivity index (χ0v) is 8.78. The van der Waals surface area contributed by atoms with Crippen LogP contribution in [-0.2, 0) is 17.4 Å². The first-order chi connectivity index (χ1) is 7.07. The topological polar surface area (TPSA) is 63.5 Å². The molecule has 1 aliphatic rings. The summed E-state index contributed by atoms with van der Waals surface area (Å²) in [4.78, 5) is 11.3. The number of carbonyl (C=O) groups excluding carboxylic acids is 1. The van der Waals surface area contributed by atoms with E-state index in [0.29, 0.717) is 18.8 Å². The lowest BCUT2D eigenvalue weighted by molar-refractivity contribution is -0.0146. The van der Waals surface area contributed by atoms with Gasteiger partial charge in [0.25, 0.3) is 0 Å². The number of nitrogens with one attached hydrogen (secondary N) is 1. The highest BCUT2D eigenvalue weighted by Gasteiger charge is 2.37. The minimum Gasteiger partial charge on any atom is -0.464 e. The molecule has 2 N–H and O–H groups in total. The van der Waals surface area contributed by atoms with Crippen molar-refractivity contribution in [1.82, 2.24) is 9.88 Å². The van der Waals surface area contributed by atoms with E-state index >= 15 is 0 Å². The van der Waals surface area contributed by atoms with Gasteiger partial charge in [0.1, 0.15) is 11.3 Å². The van der Waals surface area contributed by atoms with Gasteiger partial charge in [-0.3, -0.25) is 0 Å². The first-order valence-corrected chi connectivity index (χ1v) is 4.75. The summed E-state index contributed by atoms with van der Waals surface area (Å²) in [7, 11) is 3.10. The van der Waals surface area contributed by atoms with E-state index in [1.165, 1.54) is 7.11 Å². The molecular weight excluding hydrogens is 196 g/mol. The molecule has 0 unspecified atom stereocenters. The van der Waals surface area contributed by atoms with E-state index in [0.717, 1.165) is 5.56 Å². The van der Waals surface area contributed by atoms with E-state index < -0.39 is 5.60 Å². The maximum Gasteiger partial charge on any atom is 0.354 e. The van der Waals surface area contributed by atoms with E-state index in [4.69, 9.17) is 0 Å². The number of aliphatic hydroxyl groups is 1. The standard InChI is InChI=1S/C10H14N2O3/c1-12-4-7(10(14)5-11-6-10)3-8(12)9(13)15-2/h3-4,11,14H,5-6H2,1-2H3. The van der Waals surface area contributed by atoms with Crippen LogP contribution in [0.2, 0.25) is 0 Å². The number of β-amino-alcohol motifs (C(OH)–C–C–N with tert-alkyl or cyclic N) is 1. The van der Waals surface area contributed by atoms with Gasteiger partial charge in [-0.15, -0.1) is 0 Å². The van der Waals surface area contributed by atoms with Crippen molar-refractivity contribution in [2.75, 3.05) is 20.2 Å². The maximum atomic E-state index is 11.3. The van der Waals surface area contributed by atoms with E-state index in [2.05, 4.69) is 10.1 Å². The number of esters is 1. The van der Waals surface area contributed by atoms with Gasteiger partial charge in [0.15, 0.2) is 0 Å². The van der Waals surface area contributed by atoms with E-state index in [1.807, 2.05) is 0 Å². The number of aromatic nitrogens is 1. The number of carbonyl (C=O) groups is 1. The Morgan fingerprint density at radius 2 is 2.33 bits per heavy atom. The lowest BCUT2D eigenvalue weighted by Gasteiger charge is -2.37. The first kappa shape index (κ1) is 10.2. The van der Waals surface area contributed by atoms with Gasteiger partial charge in [-0.05, 0) is 6.07 Å². The van der Waals surface area contributed by atoms with Crippen LogP contribution in [0.1, 0.15) is 16.1 Å². The Morgan fingerprint density at radius 1 is 1.67 bits per heavy atom. The second kappa shape index (κ2) is 3.36. The van der Waals surface area contributed by atoms with Crippen LogP contribution >= 0.6 is 0 Å². The van der Waals surface area contributed by atoms with E-state index in [-0.39, 0.29) is 5.97 Å². The summed E-state index contributed by atoms with van der Waals surface area (Å²) in [6.07, 6.45) is 1.76. The van der Waals surface area contributed by atoms with Crippen molar-refractivity contribution in [2.45, 2.75) is 5.60 Å². The van der Waals surface area contributed by atoms with Gasteiger partial charge in [-0.1, -0.05) is 0 Å². The third-order valence-electron chi connectivity index (χ3n) is 2.77. The highest BCUT2D eigenvalue weighted by molar-refractivity contribution is 5.88. The highest BCUT2D eigenvalue weighted by atomic mass is 16.5. The van der Waals surface area contributed by atoms with Gasteiger partial charge in [0, 0.05) is 31.9 Å². The van der Waals surface area contributed by atoms with Crippen LogP contribution < -0.4 is 5.32 Å². The SMILES string of the molecule is COC(=O)c1cc(C2(O)CNC2)cn1C. The summed E-state index contributed by atoms with van der Waals surface area (Å²) < 4.78 is 6.30. The Balaban J connectivity index is 2.32. The predicted molar refractivity (Wildman–Crippen MR) is 53.5 cm³/mol. The first-order valence-electron chi connectivity index (χ1n) is 4.75. The minimum absolute atomic E-state index is 0.389. The number of rotatable bonds is 2. The summed E-state index contributed by atoms with van der Waals surface area (Å²) in [5.41, 5.74) is 0.376. The minimum atomic E-state index is -0.829. The number of hydrogen-bond donors (Lipinski definition) is 2. The number of methoxy groups -OCH3 is 1. The van der Waals surface area contributed by atoms with Crippen molar-refractivity contribution >= 4 is 5.97 Å². The molecule has 1 aromatic rings. The fourth-order valence-corrected chi connectivity index (χ4v) is 1.69. The zero-order valence-electron chi connectivity index (χ0n) is 8.78. The number of nitrogens with zero attached hydrogens (tertiary/aromatic N) is 1. The molecule has 0 aromatic carbocycles. The molecule has 1 saturated heterocycles. The Labute approximate surface area is 87.7 Å². The quantitative estimate of drug-likeness (QED) is 0.652. The molecule has 0 radical (unpaired) electrons. The van der Waals surface area contributed by atoms with Gasteiger partial charge < -0.3 is 19.7 Å². The van der Waals surface area contributed by atoms with Crippen molar-refractivity contribution in [3.05, 3.63) is 23.5 Å². The van der Waals surface area contributed by atoms with Gasteiger partial charge in [-0.2, -0.15) is 0 Å². The molecule has 0 spiro atoms. The van der Waals surface area contributed by atoms with Gasteiger partial charge in [0.2, 0.25) is 0 Å². The molecule has 0 bridgehead atoms. The molecule has 0 amide bonds. The van der Waals surface area contributed by atoms with Gasteiger partial charge in [-0.25, -0.2) is 4.79 Å². The van der Waals surface area contributed by atoms with Crippen LogP contribution in [-0.4, -0.2) is 35.8 Å². The van der Waals surface area contributed by atoms with Crippen LogP contribution in [0.3, 0.4) is 0 Å². The van der Waals surface area contributed by atoms with E-state index in [9.17, 15) is 9.90 Å². The maximum absolute atomic E-state index is 11.3. The van der Waals surface area contributed by atoms with Crippen LogP contribution in [0.5, 0.6) is 0 Å². The average molecular weight is 210 g/mol. The van der Waals surface area contributed by atoms with Gasteiger partial charge >= 0.3 is 5.97 Å². The molecule has 0 aliphatic carbocycles. The van der Waals surface area contributed by atoms with Crippen LogP contribution in [0, 0.1) is 0 Å². The van der Waals surface area contributed by atoms with E-state index in [1.54, 1.807) is 23.9 Å². The molecule has 5 nitrogen and oxygen atoms in total. The fraction of sp³-hybridized carbons (Fsp3) is 0.500. The molecule has 1 aromatic heterocycles. The highest BCUT2D eigenvalue weighted by Crippen LogP contribution is 2.26. The predicted octanol–water partition coefficient (Wildman–Crippen LogP) is -0.398. The van der Waals surface area contributed by atoms with Crippen LogP contribution in [0.15, 0.2) is 12.3 Å². The summed E-state index contributed by atoms with van der Waals surface area (Å²) >= 11 is 0. The molecule has 15 heavy (non-hydrogen) atoms. The summed E-state index contributed by atoms with van der Waals surface area (Å²) in [6, 6.07) is 1.67. The largest absolute Gasteiger partial charge is 0.464 e. The monoisotopic (exact) mass is 210 g/mol. The molecule has 2 heterocycles. The van der Waals surface area contributed by atoms with Crippen molar-refractivity contribution in [1.29, 1.82) is 0 Å². The molecule has 1 aliphatic heterocycles. The van der Waals surface area contributed by atoms with Crippen LogP contribution in [0.25, 0.3) is 0 Å². The molecule has 5 heteroatoms. The van der Waals surface area contributed by atoms with Crippen molar-refractivity contribution in [3.63, 3.8) is 0 Å². The van der Waals surface area contributed by atoms with Crippen molar-refractivity contribution in [3.8, 4) is 0 Å². The molecular formula is C10H14N2O3. The zero-order chi connectivity index (χ0) is 11.1. The second-order valence-electron chi connectivity index (χ2n) is 3.85. The lowest BCUT2D eigenvalue weighted by Crippen LogP contribution is -2.56. The third-order valence-corrected chi connectivity index (χ3v) is 2.77. The number of ether oxygens (including phenoxy) is 1. The summed E-state index contributed by atoms with van der Waals surface area (Å²) in [5.74, 6) is -0.389. The fourth-order valence-electron chi connectivity index (χ4n) is 1.69. The molecule has 82 valence electrons. The molecule has 2 rings (SSSR count). The van der Waals surface area contributed by atoms with Crippen molar-refractivity contribution in [2.24, 2.45) is 7.05 Å². The normalized spacial score (nSPS) is 18.3. The summed E-state index contributed by atoms with van der Waals surface area (Å²) in [5, 5.41) is 13.0. The lowest BCUT2D eigenvalue weighted by atomic mass is 9.90.